The summed E-state index contributed by atoms with van der Waals surface area (Å²) in [7, 11) is 0. The number of aryl methyl sites for hydroxylation is 2. The summed E-state index contributed by atoms with van der Waals surface area (Å²) in [6, 6.07) is 5.91. The van der Waals surface area contributed by atoms with Gasteiger partial charge in [0.25, 0.3) is 5.91 Å². The maximum absolute atomic E-state index is 11.9. The van der Waals surface area contributed by atoms with E-state index in [1.165, 1.54) is 0 Å². The van der Waals surface area contributed by atoms with Crippen LogP contribution >= 0.6 is 0 Å². The van der Waals surface area contributed by atoms with Crippen molar-refractivity contribution in [3.8, 4) is 0 Å². The number of anilines is 1. The molecule has 0 aliphatic heterocycles. The van der Waals surface area contributed by atoms with Crippen molar-refractivity contribution >= 4 is 17.6 Å². The van der Waals surface area contributed by atoms with Gasteiger partial charge in [-0.1, -0.05) is 32.0 Å². The SMILES string of the molecule is CCc1cccc(C)c1NC(=O)COC(=O)[C@@H]1C[C@H]1C. The first-order valence-electron chi connectivity index (χ1n) is 7.08. The molecular formula is C16H21NO3. The Labute approximate surface area is 119 Å². The number of rotatable bonds is 5. The molecule has 20 heavy (non-hydrogen) atoms. The summed E-state index contributed by atoms with van der Waals surface area (Å²) >= 11 is 0. The number of amides is 1. The van der Waals surface area contributed by atoms with Gasteiger partial charge in [-0.15, -0.1) is 0 Å². The van der Waals surface area contributed by atoms with Crippen molar-refractivity contribution in [2.24, 2.45) is 11.8 Å². The average molecular weight is 275 g/mol. The number of para-hydroxylation sites is 1. The van der Waals surface area contributed by atoms with Crippen LogP contribution in [0, 0.1) is 18.8 Å². The summed E-state index contributed by atoms with van der Waals surface area (Å²) in [4.78, 5) is 23.4. The summed E-state index contributed by atoms with van der Waals surface area (Å²) in [5.74, 6) is -0.148. The Bertz CT molecular complexity index is 524. The molecule has 2 atom stereocenters. The first-order valence-corrected chi connectivity index (χ1v) is 7.08. The Morgan fingerprint density at radius 3 is 2.70 bits per heavy atom. The van der Waals surface area contributed by atoms with Crippen LogP contribution < -0.4 is 5.32 Å². The van der Waals surface area contributed by atoms with Crippen LogP contribution in [-0.2, 0) is 20.7 Å². The minimum atomic E-state index is -0.282. The molecule has 0 bridgehead atoms. The predicted octanol–water partition coefficient (Wildman–Crippen LogP) is 2.70. The van der Waals surface area contributed by atoms with Crippen LogP contribution in [0.15, 0.2) is 18.2 Å². The van der Waals surface area contributed by atoms with Crippen molar-refractivity contribution in [3.63, 3.8) is 0 Å². The third-order valence-electron chi connectivity index (χ3n) is 3.76. The van der Waals surface area contributed by atoms with Crippen molar-refractivity contribution in [3.05, 3.63) is 29.3 Å². The van der Waals surface area contributed by atoms with Gasteiger partial charge in [0.1, 0.15) is 0 Å². The van der Waals surface area contributed by atoms with Crippen LogP contribution in [0.4, 0.5) is 5.69 Å². The van der Waals surface area contributed by atoms with Gasteiger partial charge in [-0.3, -0.25) is 9.59 Å². The van der Waals surface area contributed by atoms with Crippen LogP contribution in [0.3, 0.4) is 0 Å². The van der Waals surface area contributed by atoms with Gasteiger partial charge < -0.3 is 10.1 Å². The van der Waals surface area contributed by atoms with Gasteiger partial charge >= 0.3 is 5.97 Å². The summed E-state index contributed by atoms with van der Waals surface area (Å²) in [5, 5.41) is 2.84. The molecule has 108 valence electrons. The monoisotopic (exact) mass is 275 g/mol. The van der Waals surface area contributed by atoms with Crippen molar-refractivity contribution in [1.82, 2.24) is 0 Å². The molecule has 1 saturated carbocycles. The molecule has 0 unspecified atom stereocenters. The van der Waals surface area contributed by atoms with E-state index in [9.17, 15) is 9.59 Å². The van der Waals surface area contributed by atoms with E-state index in [0.717, 1.165) is 29.7 Å². The lowest BCUT2D eigenvalue weighted by Crippen LogP contribution is -2.22. The standard InChI is InChI=1S/C16H21NO3/c1-4-12-7-5-6-10(2)15(12)17-14(18)9-20-16(19)13-8-11(13)3/h5-7,11,13H,4,8-9H2,1-3H3,(H,17,18)/t11-,13-/m1/s1. The fourth-order valence-corrected chi connectivity index (χ4v) is 2.27. The van der Waals surface area contributed by atoms with E-state index in [0.29, 0.717) is 5.92 Å². The summed E-state index contributed by atoms with van der Waals surface area (Å²) < 4.78 is 5.03. The minimum absolute atomic E-state index is 0.00698. The smallest absolute Gasteiger partial charge is 0.309 e. The second kappa shape index (κ2) is 6.07. The number of nitrogens with one attached hydrogen (secondary N) is 1. The third kappa shape index (κ3) is 3.38. The minimum Gasteiger partial charge on any atom is -0.455 e. The van der Waals surface area contributed by atoms with Crippen LogP contribution in [0.25, 0.3) is 0 Å². The Kier molecular flexibility index (Phi) is 4.42. The van der Waals surface area contributed by atoms with E-state index in [-0.39, 0.29) is 24.4 Å². The fourth-order valence-electron chi connectivity index (χ4n) is 2.27. The number of esters is 1. The first kappa shape index (κ1) is 14.6. The summed E-state index contributed by atoms with van der Waals surface area (Å²) in [5.41, 5.74) is 2.93. The highest BCUT2D eigenvalue weighted by molar-refractivity contribution is 5.94. The Balaban J connectivity index is 1.90. The van der Waals surface area contributed by atoms with Crippen LogP contribution in [0.1, 0.15) is 31.4 Å². The molecule has 1 N–H and O–H groups in total. The molecule has 1 aliphatic carbocycles. The Hall–Kier alpha value is -1.84. The number of ether oxygens (including phenoxy) is 1. The molecule has 0 saturated heterocycles. The lowest BCUT2D eigenvalue weighted by molar-refractivity contribution is -0.148. The number of benzene rings is 1. The zero-order valence-corrected chi connectivity index (χ0v) is 12.2. The number of hydrogen-bond acceptors (Lipinski definition) is 3. The third-order valence-corrected chi connectivity index (χ3v) is 3.76. The van der Waals surface area contributed by atoms with Gasteiger partial charge in [0, 0.05) is 5.69 Å². The van der Waals surface area contributed by atoms with Crippen LogP contribution in [-0.4, -0.2) is 18.5 Å². The second-order valence-corrected chi connectivity index (χ2v) is 5.44. The normalized spacial score (nSPS) is 20.4. The first-order chi connectivity index (χ1) is 9.52. The van der Waals surface area contributed by atoms with Gasteiger partial charge in [0.05, 0.1) is 5.92 Å². The maximum atomic E-state index is 11.9. The van der Waals surface area contributed by atoms with E-state index in [4.69, 9.17) is 4.74 Å². The largest absolute Gasteiger partial charge is 0.455 e. The Morgan fingerprint density at radius 1 is 1.40 bits per heavy atom. The molecule has 0 spiro atoms. The van der Waals surface area contributed by atoms with E-state index in [1.807, 2.05) is 39.0 Å². The van der Waals surface area contributed by atoms with Crippen molar-refractivity contribution in [2.75, 3.05) is 11.9 Å². The molecule has 1 aromatic carbocycles. The summed E-state index contributed by atoms with van der Waals surface area (Å²) in [6.07, 6.45) is 1.72. The molecule has 0 heterocycles. The molecule has 4 nitrogen and oxygen atoms in total. The average Bonchev–Trinajstić information content (AvgIpc) is 3.15. The highest BCUT2D eigenvalue weighted by atomic mass is 16.5. The molecule has 4 heteroatoms. The maximum Gasteiger partial charge on any atom is 0.309 e. The highest BCUT2D eigenvalue weighted by Gasteiger charge is 2.40. The molecule has 1 aromatic rings. The second-order valence-electron chi connectivity index (χ2n) is 5.44. The molecule has 0 radical (unpaired) electrons. The van der Waals surface area contributed by atoms with E-state index >= 15 is 0 Å². The van der Waals surface area contributed by atoms with Crippen molar-refractivity contribution in [1.29, 1.82) is 0 Å². The van der Waals surface area contributed by atoms with Gasteiger partial charge in [0.2, 0.25) is 0 Å². The molecule has 1 fully saturated rings. The van der Waals surface area contributed by atoms with Gasteiger partial charge in [-0.25, -0.2) is 0 Å². The highest BCUT2D eigenvalue weighted by Crippen LogP contribution is 2.38. The number of carbonyl (C=O) groups is 2. The molecule has 1 amide bonds. The molecular weight excluding hydrogens is 254 g/mol. The lowest BCUT2D eigenvalue weighted by Gasteiger charge is -2.13. The Morgan fingerprint density at radius 2 is 2.10 bits per heavy atom. The van der Waals surface area contributed by atoms with Crippen LogP contribution in [0.5, 0.6) is 0 Å². The topological polar surface area (TPSA) is 55.4 Å². The zero-order valence-electron chi connectivity index (χ0n) is 12.2. The van der Waals surface area contributed by atoms with E-state index in [1.54, 1.807) is 0 Å². The zero-order chi connectivity index (χ0) is 14.7. The number of hydrogen-bond donors (Lipinski definition) is 1. The van der Waals surface area contributed by atoms with Crippen molar-refractivity contribution in [2.45, 2.75) is 33.6 Å². The summed E-state index contributed by atoms with van der Waals surface area (Å²) in [6.45, 7) is 5.79. The lowest BCUT2D eigenvalue weighted by atomic mass is 10.1. The number of carbonyl (C=O) groups excluding carboxylic acids is 2. The van der Waals surface area contributed by atoms with E-state index in [2.05, 4.69) is 5.32 Å². The quantitative estimate of drug-likeness (QED) is 0.841. The predicted molar refractivity (Wildman–Crippen MR) is 77.4 cm³/mol. The van der Waals surface area contributed by atoms with Gasteiger partial charge in [-0.05, 0) is 36.8 Å². The molecule has 0 aromatic heterocycles. The van der Waals surface area contributed by atoms with E-state index < -0.39 is 0 Å². The van der Waals surface area contributed by atoms with Gasteiger partial charge in [-0.2, -0.15) is 0 Å². The molecule has 2 rings (SSSR count). The molecule has 1 aliphatic rings. The van der Waals surface area contributed by atoms with Crippen LogP contribution in [0.2, 0.25) is 0 Å². The van der Waals surface area contributed by atoms with Gasteiger partial charge in [0.15, 0.2) is 6.61 Å². The van der Waals surface area contributed by atoms with Crippen molar-refractivity contribution < 1.29 is 14.3 Å². The fraction of sp³-hybridized carbons (Fsp3) is 0.500.